The van der Waals surface area contributed by atoms with Gasteiger partial charge in [0.05, 0.1) is 0 Å². The van der Waals surface area contributed by atoms with Crippen molar-refractivity contribution in [2.24, 2.45) is 11.5 Å². The number of hydrogen-bond acceptors (Lipinski definition) is 4. The van der Waals surface area contributed by atoms with Gasteiger partial charge in [0.2, 0.25) is 0 Å². The summed E-state index contributed by atoms with van der Waals surface area (Å²) in [6, 6.07) is 8.89. The molecule has 0 saturated heterocycles. The number of benzene rings is 1. The van der Waals surface area contributed by atoms with Gasteiger partial charge in [-0.05, 0) is 56.6 Å². The first-order chi connectivity index (χ1) is 11.9. The summed E-state index contributed by atoms with van der Waals surface area (Å²) in [5, 5.41) is 6.95. The van der Waals surface area contributed by atoms with Crippen LogP contribution in [0.5, 0.6) is 0 Å². The summed E-state index contributed by atoms with van der Waals surface area (Å²) in [5.74, 6) is 0. The molecule has 0 aliphatic rings. The van der Waals surface area contributed by atoms with Crippen LogP contribution in [-0.4, -0.2) is 26.2 Å². The molecule has 138 valence electrons. The molecule has 0 fully saturated rings. The van der Waals surface area contributed by atoms with E-state index < -0.39 is 0 Å². The zero-order valence-corrected chi connectivity index (χ0v) is 15.4. The predicted octanol–water partition coefficient (Wildman–Crippen LogP) is 2.90. The molecule has 0 spiro atoms. The van der Waals surface area contributed by atoms with Crippen LogP contribution in [0.3, 0.4) is 0 Å². The van der Waals surface area contributed by atoms with Gasteiger partial charge in [0.15, 0.2) is 0 Å². The molecule has 6 N–H and O–H groups in total. The zero-order chi connectivity index (χ0) is 17.3. The molecule has 0 aromatic heterocycles. The number of hydrogen-bond donors (Lipinski definition) is 4. The van der Waals surface area contributed by atoms with E-state index in [1.807, 2.05) is 0 Å². The molecule has 0 saturated carbocycles. The van der Waals surface area contributed by atoms with Crippen molar-refractivity contribution >= 4 is 0 Å². The Hall–Kier alpha value is -0.940. The van der Waals surface area contributed by atoms with Crippen molar-refractivity contribution in [2.75, 3.05) is 26.2 Å². The highest BCUT2D eigenvalue weighted by molar-refractivity contribution is 5.22. The van der Waals surface area contributed by atoms with Gasteiger partial charge in [0.1, 0.15) is 0 Å². The minimum absolute atomic E-state index is 0.756. The summed E-state index contributed by atoms with van der Waals surface area (Å²) in [4.78, 5) is 0. The van der Waals surface area contributed by atoms with Crippen molar-refractivity contribution in [3.8, 4) is 0 Å². The average molecular weight is 335 g/mol. The molecule has 0 bridgehead atoms. The van der Waals surface area contributed by atoms with Crippen molar-refractivity contribution < 1.29 is 0 Å². The zero-order valence-electron chi connectivity index (χ0n) is 15.4. The van der Waals surface area contributed by atoms with Crippen molar-refractivity contribution in [3.05, 3.63) is 35.4 Å². The van der Waals surface area contributed by atoms with Gasteiger partial charge in [0.25, 0.3) is 0 Å². The van der Waals surface area contributed by atoms with Crippen LogP contribution in [0.2, 0.25) is 0 Å². The third-order valence-electron chi connectivity index (χ3n) is 4.30. The van der Waals surface area contributed by atoms with E-state index in [-0.39, 0.29) is 0 Å². The lowest BCUT2D eigenvalue weighted by Crippen LogP contribution is -2.18. The Balaban J connectivity index is 1.97. The monoisotopic (exact) mass is 334 g/mol. The van der Waals surface area contributed by atoms with Crippen LogP contribution < -0.4 is 22.1 Å². The van der Waals surface area contributed by atoms with E-state index in [2.05, 4.69) is 34.9 Å². The highest BCUT2D eigenvalue weighted by Crippen LogP contribution is 2.07. The Kier molecular flexibility index (Phi) is 13.7. The van der Waals surface area contributed by atoms with E-state index in [1.165, 1.54) is 56.1 Å². The van der Waals surface area contributed by atoms with Crippen LogP contribution in [0.15, 0.2) is 24.3 Å². The van der Waals surface area contributed by atoms with E-state index >= 15 is 0 Å². The van der Waals surface area contributed by atoms with Crippen LogP contribution in [-0.2, 0) is 13.1 Å². The van der Waals surface area contributed by atoms with Crippen LogP contribution in [0.1, 0.15) is 62.5 Å². The molecule has 1 aromatic rings. The molecule has 0 amide bonds. The third-order valence-corrected chi connectivity index (χ3v) is 4.30. The maximum Gasteiger partial charge on any atom is 0.0205 e. The lowest BCUT2D eigenvalue weighted by atomic mass is 10.1. The molecule has 0 unspecified atom stereocenters. The molecule has 1 aromatic carbocycles. The van der Waals surface area contributed by atoms with E-state index in [0.29, 0.717) is 0 Å². The molecule has 0 heterocycles. The Bertz CT molecular complexity index is 378. The SMILES string of the molecule is NCCCCCCCCCNCc1ccc(CNCCCN)cc1. The summed E-state index contributed by atoms with van der Waals surface area (Å²) >= 11 is 0. The molecule has 0 aliphatic carbocycles. The van der Waals surface area contributed by atoms with Gasteiger partial charge < -0.3 is 22.1 Å². The van der Waals surface area contributed by atoms with Gasteiger partial charge in [-0.1, -0.05) is 56.4 Å². The molecule has 4 nitrogen and oxygen atoms in total. The molecule has 0 atom stereocenters. The number of unbranched alkanes of at least 4 members (excludes halogenated alkanes) is 6. The molecular weight excluding hydrogens is 296 g/mol. The maximum absolute atomic E-state index is 5.50. The van der Waals surface area contributed by atoms with E-state index in [4.69, 9.17) is 11.5 Å². The molecular formula is C20H38N4. The Labute approximate surface area is 148 Å². The van der Waals surface area contributed by atoms with Gasteiger partial charge in [-0.2, -0.15) is 0 Å². The Morgan fingerprint density at radius 2 is 0.958 bits per heavy atom. The lowest BCUT2D eigenvalue weighted by molar-refractivity contribution is 0.558. The smallest absolute Gasteiger partial charge is 0.0205 e. The molecule has 0 aliphatic heterocycles. The fourth-order valence-corrected chi connectivity index (χ4v) is 2.75. The Morgan fingerprint density at radius 3 is 1.46 bits per heavy atom. The minimum Gasteiger partial charge on any atom is -0.330 e. The average Bonchev–Trinajstić information content (AvgIpc) is 2.61. The summed E-state index contributed by atoms with van der Waals surface area (Å²) in [5.41, 5.74) is 13.7. The molecule has 1 rings (SSSR count). The summed E-state index contributed by atoms with van der Waals surface area (Å²) < 4.78 is 0. The first-order valence-electron chi connectivity index (χ1n) is 9.76. The highest BCUT2D eigenvalue weighted by atomic mass is 14.9. The fourth-order valence-electron chi connectivity index (χ4n) is 2.75. The van der Waals surface area contributed by atoms with Crippen LogP contribution in [0.25, 0.3) is 0 Å². The van der Waals surface area contributed by atoms with Crippen molar-refractivity contribution in [1.82, 2.24) is 10.6 Å². The van der Waals surface area contributed by atoms with E-state index in [1.54, 1.807) is 0 Å². The van der Waals surface area contributed by atoms with Gasteiger partial charge >= 0.3 is 0 Å². The lowest BCUT2D eigenvalue weighted by Gasteiger charge is -2.07. The minimum atomic E-state index is 0.756. The Morgan fingerprint density at radius 1 is 0.542 bits per heavy atom. The highest BCUT2D eigenvalue weighted by Gasteiger charge is 1.96. The van der Waals surface area contributed by atoms with Crippen LogP contribution in [0.4, 0.5) is 0 Å². The summed E-state index contributed by atoms with van der Waals surface area (Å²) in [6.45, 7) is 5.61. The predicted molar refractivity (Wildman–Crippen MR) is 105 cm³/mol. The first kappa shape index (κ1) is 21.1. The maximum atomic E-state index is 5.50. The van der Waals surface area contributed by atoms with Crippen LogP contribution >= 0.6 is 0 Å². The fraction of sp³-hybridized carbons (Fsp3) is 0.700. The number of nitrogens with one attached hydrogen (secondary N) is 2. The van der Waals surface area contributed by atoms with Crippen molar-refractivity contribution in [2.45, 2.75) is 64.5 Å². The largest absolute Gasteiger partial charge is 0.330 e. The quantitative estimate of drug-likeness (QED) is 0.351. The van der Waals surface area contributed by atoms with Crippen LogP contribution in [0, 0.1) is 0 Å². The van der Waals surface area contributed by atoms with Gasteiger partial charge in [0, 0.05) is 13.1 Å². The number of nitrogens with two attached hydrogens (primary N) is 2. The van der Waals surface area contributed by atoms with Gasteiger partial charge in [-0.3, -0.25) is 0 Å². The van der Waals surface area contributed by atoms with E-state index in [0.717, 1.165) is 45.7 Å². The molecule has 24 heavy (non-hydrogen) atoms. The first-order valence-corrected chi connectivity index (χ1v) is 9.76. The normalized spacial score (nSPS) is 11.1. The van der Waals surface area contributed by atoms with E-state index in [9.17, 15) is 0 Å². The van der Waals surface area contributed by atoms with Gasteiger partial charge in [-0.15, -0.1) is 0 Å². The number of rotatable bonds is 16. The van der Waals surface area contributed by atoms with Crippen molar-refractivity contribution in [1.29, 1.82) is 0 Å². The standard InChI is InChI=1S/C20H38N4/c21-13-6-4-2-1-3-5-7-15-23-17-19-9-11-20(12-10-19)18-24-16-8-14-22/h9-12,23-24H,1-8,13-18,21-22H2. The summed E-state index contributed by atoms with van der Waals surface area (Å²) in [7, 11) is 0. The second-order valence-electron chi connectivity index (χ2n) is 6.58. The second kappa shape index (κ2) is 15.6. The third kappa shape index (κ3) is 11.6. The van der Waals surface area contributed by atoms with Gasteiger partial charge in [-0.25, -0.2) is 0 Å². The second-order valence-corrected chi connectivity index (χ2v) is 6.58. The topological polar surface area (TPSA) is 76.1 Å². The molecule has 4 heteroatoms. The summed E-state index contributed by atoms with van der Waals surface area (Å²) in [6.07, 6.45) is 10.2. The molecule has 0 radical (unpaired) electrons. The van der Waals surface area contributed by atoms with Crippen molar-refractivity contribution in [3.63, 3.8) is 0 Å².